The monoisotopic (exact) mass is 268 g/mol. The zero-order valence-corrected chi connectivity index (χ0v) is 10.1. The van der Waals surface area contributed by atoms with Crippen LogP contribution in [0.2, 0.25) is 0 Å². The van der Waals surface area contributed by atoms with Crippen molar-refractivity contribution in [3.05, 3.63) is 27.7 Å². The number of aryl methyl sites for hydroxylation is 1. The van der Waals surface area contributed by atoms with Crippen LogP contribution in [0.4, 0.5) is 5.69 Å². The minimum atomic E-state index is 0.0775. The summed E-state index contributed by atoms with van der Waals surface area (Å²) in [5.74, 6) is 0.108. The van der Waals surface area contributed by atoms with Crippen LogP contribution in [0.5, 0.6) is 0 Å². The summed E-state index contributed by atoms with van der Waals surface area (Å²) in [6.45, 7) is 1.97. The lowest BCUT2D eigenvalue weighted by Crippen LogP contribution is -2.19. The van der Waals surface area contributed by atoms with Crippen LogP contribution in [0.25, 0.3) is 0 Å². The average Bonchev–Trinajstić information content (AvgIpc) is 2.58. The molecule has 1 aromatic rings. The largest absolute Gasteiger partial charge is 0.398 e. The highest BCUT2D eigenvalue weighted by Crippen LogP contribution is 2.32. The first kappa shape index (κ1) is 10.5. The maximum atomic E-state index is 11.1. The second-order valence-electron chi connectivity index (χ2n) is 3.88. The fourth-order valence-corrected chi connectivity index (χ4v) is 2.51. The number of hydrogen-bond donors (Lipinski definition) is 2. The minimum absolute atomic E-state index is 0.0775. The molecule has 4 heteroatoms. The highest BCUT2D eigenvalue weighted by Gasteiger charge is 2.24. The number of rotatable bonds is 1. The summed E-state index contributed by atoms with van der Waals surface area (Å²) in [4.78, 5) is 11.1. The third-order valence-corrected chi connectivity index (χ3v) is 3.21. The van der Waals surface area contributed by atoms with E-state index in [0.29, 0.717) is 6.42 Å². The van der Waals surface area contributed by atoms with Crippen LogP contribution in [0, 0.1) is 6.92 Å². The van der Waals surface area contributed by atoms with E-state index in [2.05, 4.69) is 21.2 Å². The Morgan fingerprint density at radius 1 is 1.53 bits per heavy atom. The number of carbonyl (C=O) groups is 1. The van der Waals surface area contributed by atoms with Crippen molar-refractivity contribution in [3.8, 4) is 0 Å². The Kier molecular flexibility index (Phi) is 2.69. The molecule has 0 bridgehead atoms. The molecule has 1 amide bonds. The van der Waals surface area contributed by atoms with Crippen LogP contribution in [-0.4, -0.2) is 5.91 Å². The van der Waals surface area contributed by atoms with Gasteiger partial charge in [-0.1, -0.05) is 15.9 Å². The zero-order valence-electron chi connectivity index (χ0n) is 8.51. The number of benzene rings is 1. The number of carbonyl (C=O) groups excluding carboxylic acids is 1. The van der Waals surface area contributed by atoms with Crippen LogP contribution in [0.15, 0.2) is 16.6 Å². The molecule has 0 spiro atoms. The molecule has 3 nitrogen and oxygen atoms in total. The van der Waals surface area contributed by atoms with Gasteiger partial charge in [0.25, 0.3) is 0 Å². The van der Waals surface area contributed by atoms with Crippen molar-refractivity contribution in [1.29, 1.82) is 0 Å². The van der Waals surface area contributed by atoms with Gasteiger partial charge < -0.3 is 11.1 Å². The summed E-state index contributed by atoms with van der Waals surface area (Å²) in [6, 6.07) is 4.04. The third-order valence-electron chi connectivity index (χ3n) is 2.75. The van der Waals surface area contributed by atoms with Gasteiger partial charge >= 0.3 is 0 Å². The van der Waals surface area contributed by atoms with Gasteiger partial charge in [0, 0.05) is 16.6 Å². The Balaban J connectivity index is 2.39. The van der Waals surface area contributed by atoms with Crippen LogP contribution in [0.3, 0.4) is 0 Å². The molecule has 1 atom stereocenters. The van der Waals surface area contributed by atoms with Gasteiger partial charge in [0.1, 0.15) is 0 Å². The molecule has 0 radical (unpaired) electrons. The predicted molar refractivity (Wildman–Crippen MR) is 63.4 cm³/mol. The van der Waals surface area contributed by atoms with Gasteiger partial charge in [-0.3, -0.25) is 4.79 Å². The molecule has 1 aromatic carbocycles. The number of nitrogens with one attached hydrogen (secondary N) is 1. The lowest BCUT2D eigenvalue weighted by atomic mass is 10.0. The maximum absolute atomic E-state index is 11.1. The molecule has 0 aliphatic carbocycles. The average molecular weight is 269 g/mol. The predicted octanol–water partition coefficient (Wildman–Crippen LogP) is 2.29. The Morgan fingerprint density at radius 2 is 2.27 bits per heavy atom. The second-order valence-corrected chi connectivity index (χ2v) is 4.80. The van der Waals surface area contributed by atoms with Gasteiger partial charge in [-0.2, -0.15) is 0 Å². The lowest BCUT2D eigenvalue weighted by molar-refractivity contribution is -0.119. The van der Waals surface area contributed by atoms with Crippen molar-refractivity contribution in [2.75, 3.05) is 5.73 Å². The Bertz CT molecular complexity index is 417. The van der Waals surface area contributed by atoms with Crippen molar-refractivity contribution in [3.63, 3.8) is 0 Å². The fraction of sp³-hybridized carbons (Fsp3) is 0.364. The number of anilines is 1. The number of amides is 1. The summed E-state index contributed by atoms with van der Waals surface area (Å²) >= 11 is 3.44. The topological polar surface area (TPSA) is 55.1 Å². The Labute approximate surface area is 97.2 Å². The molecule has 1 aliphatic rings. The van der Waals surface area contributed by atoms with Crippen molar-refractivity contribution < 1.29 is 4.79 Å². The molecular formula is C11H13BrN2O. The van der Waals surface area contributed by atoms with Crippen LogP contribution >= 0.6 is 15.9 Å². The first-order valence-electron chi connectivity index (χ1n) is 4.93. The summed E-state index contributed by atoms with van der Waals surface area (Å²) in [5, 5.41) is 2.93. The minimum Gasteiger partial charge on any atom is -0.398 e. The van der Waals surface area contributed by atoms with E-state index < -0.39 is 0 Å². The van der Waals surface area contributed by atoms with Crippen molar-refractivity contribution in [2.45, 2.75) is 25.8 Å². The quantitative estimate of drug-likeness (QED) is 0.768. The van der Waals surface area contributed by atoms with E-state index in [1.54, 1.807) is 0 Å². The van der Waals surface area contributed by atoms with Gasteiger partial charge in [-0.05, 0) is 36.6 Å². The van der Waals surface area contributed by atoms with Gasteiger partial charge in [0.05, 0.1) is 6.04 Å². The standard InChI is InChI=1S/C11H13BrN2O/c1-6-4-7(12)5-8(11(6)13)9-2-3-10(15)14-9/h4-5,9H,2-3,13H2,1H3,(H,14,15). The lowest BCUT2D eigenvalue weighted by Gasteiger charge is -2.15. The molecule has 15 heavy (non-hydrogen) atoms. The van der Waals surface area contributed by atoms with Crippen LogP contribution in [-0.2, 0) is 4.79 Å². The first-order valence-corrected chi connectivity index (χ1v) is 5.72. The molecule has 0 aromatic heterocycles. The highest BCUT2D eigenvalue weighted by atomic mass is 79.9. The summed E-state index contributed by atoms with van der Waals surface area (Å²) < 4.78 is 1.00. The molecule has 2 rings (SSSR count). The van der Waals surface area contributed by atoms with Crippen LogP contribution < -0.4 is 11.1 Å². The number of hydrogen-bond acceptors (Lipinski definition) is 2. The molecule has 80 valence electrons. The molecule has 3 N–H and O–H groups in total. The summed E-state index contributed by atoms with van der Waals surface area (Å²) in [5.41, 5.74) is 8.85. The fourth-order valence-electron chi connectivity index (χ4n) is 1.92. The summed E-state index contributed by atoms with van der Waals surface area (Å²) in [7, 11) is 0. The molecule has 1 heterocycles. The molecule has 1 unspecified atom stereocenters. The van der Waals surface area contributed by atoms with E-state index in [1.807, 2.05) is 19.1 Å². The summed E-state index contributed by atoms with van der Waals surface area (Å²) in [6.07, 6.45) is 1.43. The SMILES string of the molecule is Cc1cc(Br)cc(C2CCC(=O)N2)c1N. The van der Waals surface area contributed by atoms with Crippen molar-refractivity contribution >= 4 is 27.5 Å². The number of nitrogens with two attached hydrogens (primary N) is 1. The molecule has 1 fully saturated rings. The van der Waals surface area contributed by atoms with Gasteiger partial charge in [0.2, 0.25) is 5.91 Å². The Hall–Kier alpha value is -1.03. The van der Waals surface area contributed by atoms with E-state index in [1.165, 1.54) is 0 Å². The van der Waals surface area contributed by atoms with E-state index in [-0.39, 0.29) is 11.9 Å². The van der Waals surface area contributed by atoms with E-state index in [0.717, 1.165) is 27.7 Å². The Morgan fingerprint density at radius 3 is 2.87 bits per heavy atom. The van der Waals surface area contributed by atoms with Gasteiger partial charge in [-0.15, -0.1) is 0 Å². The smallest absolute Gasteiger partial charge is 0.220 e. The number of nitrogen functional groups attached to an aromatic ring is 1. The molecular weight excluding hydrogens is 256 g/mol. The number of halogens is 1. The second kappa shape index (κ2) is 3.85. The van der Waals surface area contributed by atoms with Crippen molar-refractivity contribution in [1.82, 2.24) is 5.32 Å². The van der Waals surface area contributed by atoms with Gasteiger partial charge in [-0.25, -0.2) is 0 Å². The highest BCUT2D eigenvalue weighted by molar-refractivity contribution is 9.10. The molecule has 1 aliphatic heterocycles. The maximum Gasteiger partial charge on any atom is 0.220 e. The van der Waals surface area contributed by atoms with Gasteiger partial charge in [0.15, 0.2) is 0 Å². The van der Waals surface area contributed by atoms with Crippen molar-refractivity contribution in [2.24, 2.45) is 0 Å². The van der Waals surface area contributed by atoms with E-state index in [4.69, 9.17) is 5.73 Å². The zero-order chi connectivity index (χ0) is 11.0. The molecule has 1 saturated heterocycles. The van der Waals surface area contributed by atoms with E-state index >= 15 is 0 Å². The molecule has 0 saturated carbocycles. The van der Waals surface area contributed by atoms with Crippen LogP contribution in [0.1, 0.15) is 30.0 Å². The normalized spacial score (nSPS) is 20.4. The van der Waals surface area contributed by atoms with E-state index in [9.17, 15) is 4.79 Å². The first-order chi connectivity index (χ1) is 7.08. The third kappa shape index (κ3) is 2.00.